The zero-order valence-corrected chi connectivity index (χ0v) is 17.2. The Balaban J connectivity index is 1.90. The van der Waals surface area contributed by atoms with Gasteiger partial charge in [-0.2, -0.15) is 5.10 Å². The van der Waals surface area contributed by atoms with Crippen molar-refractivity contribution in [1.82, 2.24) is 20.4 Å². The molecule has 0 aliphatic heterocycles. The lowest BCUT2D eigenvalue weighted by Gasteiger charge is -2.18. The number of nitrogens with one attached hydrogen (secondary N) is 2. The summed E-state index contributed by atoms with van der Waals surface area (Å²) in [5, 5.41) is 11.1. The van der Waals surface area contributed by atoms with Gasteiger partial charge in [-0.1, -0.05) is 26.0 Å². The molecule has 6 nitrogen and oxygen atoms in total. The van der Waals surface area contributed by atoms with E-state index in [1.165, 1.54) is 11.1 Å². The number of rotatable bonds is 9. The molecule has 0 amide bonds. The molecule has 6 heteroatoms. The quantitative estimate of drug-likeness (QED) is 0.523. The highest BCUT2D eigenvalue weighted by molar-refractivity contribution is 5.80. The van der Waals surface area contributed by atoms with Crippen molar-refractivity contribution in [2.24, 2.45) is 10.9 Å². The van der Waals surface area contributed by atoms with E-state index in [1.54, 1.807) is 0 Å². The maximum absolute atomic E-state index is 5.75. The molecule has 0 radical (unpaired) electrons. The molecular weight excluding hydrogens is 338 g/mol. The molecule has 1 atom stereocenters. The van der Waals surface area contributed by atoms with Crippen LogP contribution in [0.15, 0.2) is 41.7 Å². The van der Waals surface area contributed by atoms with Crippen LogP contribution in [0.5, 0.6) is 5.75 Å². The molecule has 0 bridgehead atoms. The Morgan fingerprint density at radius 2 is 1.96 bits per heavy atom. The SMILES string of the molecule is CCNC(=NCCn1cc(C)cn1)NC(C)c1ccc(OCC(C)C)cc1. The minimum Gasteiger partial charge on any atom is -0.493 e. The molecule has 0 fully saturated rings. The summed E-state index contributed by atoms with van der Waals surface area (Å²) in [5.41, 5.74) is 2.36. The van der Waals surface area contributed by atoms with Gasteiger partial charge in [0, 0.05) is 12.7 Å². The zero-order valence-electron chi connectivity index (χ0n) is 17.2. The lowest BCUT2D eigenvalue weighted by molar-refractivity contribution is 0.271. The summed E-state index contributed by atoms with van der Waals surface area (Å²) in [6.45, 7) is 13.5. The summed E-state index contributed by atoms with van der Waals surface area (Å²) >= 11 is 0. The van der Waals surface area contributed by atoms with Gasteiger partial charge >= 0.3 is 0 Å². The normalized spacial score (nSPS) is 12.9. The summed E-state index contributed by atoms with van der Waals surface area (Å²) in [5.74, 6) is 2.25. The molecule has 0 aliphatic rings. The number of aliphatic imine (C=N–C) groups is 1. The molecule has 2 N–H and O–H groups in total. The number of hydrogen-bond acceptors (Lipinski definition) is 3. The summed E-state index contributed by atoms with van der Waals surface area (Å²) < 4.78 is 7.67. The summed E-state index contributed by atoms with van der Waals surface area (Å²) in [7, 11) is 0. The summed E-state index contributed by atoms with van der Waals surface area (Å²) in [6, 6.07) is 8.40. The van der Waals surface area contributed by atoms with Crippen LogP contribution >= 0.6 is 0 Å². The molecule has 0 spiro atoms. The van der Waals surface area contributed by atoms with Gasteiger partial charge in [-0.3, -0.25) is 9.67 Å². The smallest absolute Gasteiger partial charge is 0.191 e. The number of ether oxygens (including phenoxy) is 1. The van der Waals surface area contributed by atoms with E-state index in [9.17, 15) is 0 Å². The summed E-state index contributed by atoms with van der Waals surface area (Å²) in [6.07, 6.45) is 3.89. The molecule has 2 rings (SSSR count). The average molecular weight is 372 g/mol. The third-order valence-electron chi connectivity index (χ3n) is 4.02. The fraction of sp³-hybridized carbons (Fsp3) is 0.524. The number of aryl methyl sites for hydroxylation is 1. The molecule has 1 aromatic carbocycles. The predicted octanol–water partition coefficient (Wildman–Crippen LogP) is 3.54. The minimum absolute atomic E-state index is 0.147. The first-order chi connectivity index (χ1) is 13.0. The highest BCUT2D eigenvalue weighted by Crippen LogP contribution is 2.18. The number of nitrogens with zero attached hydrogens (tertiary/aromatic N) is 3. The lowest BCUT2D eigenvalue weighted by atomic mass is 10.1. The van der Waals surface area contributed by atoms with Crippen LogP contribution in [0.2, 0.25) is 0 Å². The van der Waals surface area contributed by atoms with Gasteiger partial charge < -0.3 is 15.4 Å². The van der Waals surface area contributed by atoms with Crippen LogP contribution < -0.4 is 15.4 Å². The third-order valence-corrected chi connectivity index (χ3v) is 4.02. The van der Waals surface area contributed by atoms with Gasteiger partial charge in [0.25, 0.3) is 0 Å². The highest BCUT2D eigenvalue weighted by atomic mass is 16.5. The maximum atomic E-state index is 5.75. The Morgan fingerprint density at radius 1 is 1.22 bits per heavy atom. The Morgan fingerprint density at radius 3 is 2.56 bits per heavy atom. The molecule has 2 aromatic rings. The van der Waals surface area contributed by atoms with Gasteiger partial charge in [0.1, 0.15) is 5.75 Å². The molecule has 1 aromatic heterocycles. The second kappa shape index (κ2) is 10.6. The monoisotopic (exact) mass is 371 g/mol. The van der Waals surface area contributed by atoms with E-state index in [-0.39, 0.29) is 6.04 Å². The van der Waals surface area contributed by atoms with Crippen LogP contribution in [0.1, 0.15) is 44.9 Å². The van der Waals surface area contributed by atoms with Crippen LogP contribution in [0.25, 0.3) is 0 Å². The predicted molar refractivity (Wildman–Crippen MR) is 111 cm³/mol. The van der Waals surface area contributed by atoms with Gasteiger partial charge in [0.05, 0.1) is 31.9 Å². The standard InChI is InChI=1S/C21H33N5O/c1-6-22-21(23-11-12-26-14-17(4)13-24-26)25-18(5)19-7-9-20(10-8-19)27-15-16(2)3/h7-10,13-14,16,18H,6,11-12,15H2,1-5H3,(H2,22,23,25). The van der Waals surface area contributed by atoms with Crippen LogP contribution in [-0.4, -0.2) is 35.4 Å². The Labute approximate surface area is 163 Å². The number of aromatic nitrogens is 2. The van der Waals surface area contributed by atoms with E-state index >= 15 is 0 Å². The molecule has 0 aliphatic carbocycles. The molecule has 1 heterocycles. The van der Waals surface area contributed by atoms with E-state index in [0.717, 1.165) is 31.4 Å². The topological polar surface area (TPSA) is 63.5 Å². The molecule has 148 valence electrons. The minimum atomic E-state index is 0.147. The second-order valence-corrected chi connectivity index (χ2v) is 7.18. The molecule has 1 unspecified atom stereocenters. The van der Waals surface area contributed by atoms with Crippen molar-refractivity contribution in [1.29, 1.82) is 0 Å². The number of guanidine groups is 1. The fourth-order valence-corrected chi connectivity index (χ4v) is 2.58. The molecule has 27 heavy (non-hydrogen) atoms. The third kappa shape index (κ3) is 7.33. The largest absolute Gasteiger partial charge is 0.493 e. The van der Waals surface area contributed by atoms with Crippen molar-refractivity contribution in [2.45, 2.75) is 47.2 Å². The number of benzene rings is 1. The van der Waals surface area contributed by atoms with E-state index in [1.807, 2.05) is 36.1 Å². The van der Waals surface area contributed by atoms with Crippen molar-refractivity contribution >= 4 is 5.96 Å². The van der Waals surface area contributed by atoms with Gasteiger partial charge in [-0.05, 0) is 49.9 Å². The lowest BCUT2D eigenvalue weighted by Crippen LogP contribution is -2.39. The van der Waals surface area contributed by atoms with E-state index < -0.39 is 0 Å². The highest BCUT2D eigenvalue weighted by Gasteiger charge is 2.08. The van der Waals surface area contributed by atoms with E-state index in [4.69, 9.17) is 4.74 Å². The van der Waals surface area contributed by atoms with E-state index in [0.29, 0.717) is 12.5 Å². The van der Waals surface area contributed by atoms with Crippen LogP contribution in [0.4, 0.5) is 0 Å². The van der Waals surface area contributed by atoms with Crippen molar-refractivity contribution in [2.75, 3.05) is 19.7 Å². The van der Waals surface area contributed by atoms with Gasteiger partial charge in [-0.25, -0.2) is 0 Å². The van der Waals surface area contributed by atoms with Crippen molar-refractivity contribution < 1.29 is 4.74 Å². The van der Waals surface area contributed by atoms with Crippen molar-refractivity contribution in [3.8, 4) is 5.75 Å². The first-order valence-electron chi connectivity index (χ1n) is 9.74. The van der Waals surface area contributed by atoms with Crippen molar-refractivity contribution in [3.63, 3.8) is 0 Å². The maximum Gasteiger partial charge on any atom is 0.191 e. The van der Waals surface area contributed by atoms with Crippen molar-refractivity contribution in [3.05, 3.63) is 47.8 Å². The van der Waals surface area contributed by atoms with Crippen LogP contribution in [0.3, 0.4) is 0 Å². The van der Waals surface area contributed by atoms with Gasteiger partial charge in [0.2, 0.25) is 0 Å². The first kappa shape index (κ1) is 20.8. The number of hydrogen-bond donors (Lipinski definition) is 2. The summed E-state index contributed by atoms with van der Waals surface area (Å²) in [4.78, 5) is 4.66. The fourth-order valence-electron chi connectivity index (χ4n) is 2.58. The zero-order chi connectivity index (χ0) is 19.6. The molecule has 0 saturated heterocycles. The van der Waals surface area contributed by atoms with Gasteiger partial charge in [0.15, 0.2) is 5.96 Å². The Bertz CT molecular complexity index is 706. The Kier molecular flexibility index (Phi) is 8.17. The van der Waals surface area contributed by atoms with Crippen LogP contribution in [0, 0.1) is 12.8 Å². The van der Waals surface area contributed by atoms with E-state index in [2.05, 4.69) is 60.6 Å². The first-order valence-corrected chi connectivity index (χ1v) is 9.74. The second-order valence-electron chi connectivity index (χ2n) is 7.18. The molecule has 0 saturated carbocycles. The average Bonchev–Trinajstić information content (AvgIpc) is 3.05. The van der Waals surface area contributed by atoms with Gasteiger partial charge in [-0.15, -0.1) is 0 Å². The molecular formula is C21H33N5O. The van der Waals surface area contributed by atoms with Crippen LogP contribution in [-0.2, 0) is 6.54 Å². The Hall–Kier alpha value is -2.50.